The summed E-state index contributed by atoms with van der Waals surface area (Å²) in [6.07, 6.45) is 0.701. The average Bonchev–Trinajstić information content (AvgIpc) is 3.76. The van der Waals surface area contributed by atoms with Crippen molar-refractivity contribution in [3.8, 4) is 0 Å². The second-order valence-corrected chi connectivity index (χ2v) is 19.4. The molecule has 25 heteroatoms. The number of carbonyl (C=O) groups excluding carboxylic acids is 8. The Bertz CT molecular complexity index is 1770. The number of nitrogens with zero attached hydrogens (tertiary/aromatic N) is 2. The van der Waals surface area contributed by atoms with Crippen LogP contribution in [0.5, 0.6) is 0 Å². The highest BCUT2D eigenvalue weighted by molar-refractivity contribution is 7.98. The third-order valence-corrected chi connectivity index (χ3v) is 12.0. The van der Waals surface area contributed by atoms with Crippen molar-refractivity contribution in [2.24, 2.45) is 39.9 Å². The van der Waals surface area contributed by atoms with Crippen molar-refractivity contribution in [2.75, 3.05) is 31.6 Å². The van der Waals surface area contributed by atoms with E-state index in [1.165, 1.54) is 30.5 Å². The lowest BCUT2D eigenvalue weighted by atomic mass is 9.96. The summed E-state index contributed by atoms with van der Waals surface area (Å²) in [5.74, 6) is -7.88. The topological polar surface area (TPSA) is 392 Å². The first-order chi connectivity index (χ1) is 32.2. The summed E-state index contributed by atoms with van der Waals surface area (Å²) in [6.45, 7) is 13.1. The summed E-state index contributed by atoms with van der Waals surface area (Å²) < 4.78 is 0. The molecule has 394 valence electrons. The van der Waals surface area contributed by atoms with Crippen LogP contribution in [0, 0.1) is 17.8 Å². The van der Waals surface area contributed by atoms with E-state index in [0.29, 0.717) is 25.0 Å². The number of aliphatic imine (C=N–C) groups is 1. The van der Waals surface area contributed by atoms with Crippen LogP contribution in [-0.4, -0.2) is 172 Å². The molecule has 0 bridgehead atoms. The van der Waals surface area contributed by atoms with Gasteiger partial charge >= 0.3 is 5.97 Å². The van der Waals surface area contributed by atoms with Crippen LogP contribution in [0.3, 0.4) is 0 Å². The van der Waals surface area contributed by atoms with Gasteiger partial charge in [0.2, 0.25) is 47.3 Å². The quantitative estimate of drug-likeness (QED) is 0.0189. The number of hydrogen-bond acceptors (Lipinski definition) is 14. The highest BCUT2D eigenvalue weighted by Gasteiger charge is 2.40. The minimum atomic E-state index is -1.70. The molecule has 0 aromatic heterocycles. The van der Waals surface area contributed by atoms with Crippen molar-refractivity contribution in [3.05, 3.63) is 0 Å². The highest BCUT2D eigenvalue weighted by atomic mass is 32.2. The van der Waals surface area contributed by atoms with Gasteiger partial charge in [-0.2, -0.15) is 11.8 Å². The van der Waals surface area contributed by atoms with E-state index < -0.39 is 126 Å². The molecule has 1 aliphatic heterocycles. The minimum Gasteiger partial charge on any atom is -0.480 e. The summed E-state index contributed by atoms with van der Waals surface area (Å²) in [5.41, 5.74) is 16.7. The molecule has 11 atom stereocenters. The molecule has 1 aliphatic rings. The first-order valence-corrected chi connectivity index (χ1v) is 24.9. The Morgan fingerprint density at radius 3 is 1.80 bits per heavy atom. The predicted molar refractivity (Wildman–Crippen MR) is 260 cm³/mol. The maximum Gasteiger partial charge on any atom is 0.326 e. The molecule has 0 unspecified atom stereocenters. The molecule has 0 radical (unpaired) electrons. The Balaban J connectivity index is 3.20. The molecule has 0 aromatic carbocycles. The van der Waals surface area contributed by atoms with Gasteiger partial charge in [-0.05, 0) is 88.6 Å². The molecule has 0 spiro atoms. The van der Waals surface area contributed by atoms with Gasteiger partial charge in [0.1, 0.15) is 42.3 Å². The van der Waals surface area contributed by atoms with Gasteiger partial charge in [0.15, 0.2) is 5.96 Å². The number of rotatable bonds is 31. The molecule has 1 fully saturated rings. The summed E-state index contributed by atoms with van der Waals surface area (Å²) >= 11 is 1.35. The third kappa shape index (κ3) is 21.9. The number of likely N-dealkylation sites (tertiary alicyclic amines) is 1. The van der Waals surface area contributed by atoms with Gasteiger partial charge in [-0.25, -0.2) is 4.79 Å². The van der Waals surface area contributed by atoms with Gasteiger partial charge in [0.25, 0.3) is 0 Å². The van der Waals surface area contributed by atoms with Crippen LogP contribution in [0.1, 0.15) is 107 Å². The lowest BCUT2D eigenvalue weighted by Gasteiger charge is -2.31. The van der Waals surface area contributed by atoms with E-state index in [4.69, 9.17) is 17.2 Å². The van der Waals surface area contributed by atoms with E-state index in [1.807, 2.05) is 13.8 Å². The van der Waals surface area contributed by atoms with Crippen LogP contribution < -0.4 is 54.4 Å². The summed E-state index contributed by atoms with van der Waals surface area (Å²) in [6, 6.07) is -10.1. The molecule has 8 amide bonds. The van der Waals surface area contributed by atoms with Crippen molar-refractivity contribution >= 4 is 70.9 Å². The van der Waals surface area contributed by atoms with Crippen molar-refractivity contribution in [1.29, 1.82) is 0 Å². The number of amides is 8. The van der Waals surface area contributed by atoms with Crippen LogP contribution in [0.25, 0.3) is 0 Å². The number of carboxylic acid groups (broad SMARTS) is 1. The Hall–Kier alpha value is -5.27. The first-order valence-electron chi connectivity index (χ1n) is 23.5. The fraction of sp³-hybridized carbons (Fsp3) is 0.773. The molecule has 1 saturated heterocycles. The van der Waals surface area contributed by atoms with Crippen LogP contribution in [0.2, 0.25) is 0 Å². The van der Waals surface area contributed by atoms with E-state index in [9.17, 15) is 58.5 Å². The van der Waals surface area contributed by atoms with Crippen molar-refractivity contribution in [1.82, 2.24) is 42.1 Å². The molecule has 0 saturated carbocycles. The van der Waals surface area contributed by atoms with Crippen LogP contribution in [-0.2, 0) is 43.2 Å². The molecule has 1 rings (SSSR count). The summed E-state index contributed by atoms with van der Waals surface area (Å²) in [7, 11) is 0. The van der Waals surface area contributed by atoms with Gasteiger partial charge in [0, 0.05) is 13.1 Å². The molecular formula is C44H80N12O12S. The SMILES string of the molecule is CC[C@H](C)[C@H](NC(=O)[C@H](CC(C)C)NC(=O)[C@H](CCSC)NC(=O)[C@@H](NC(=O)[C@@H](NC(=O)[C@@H]1CCCN1C(=O)[C@@H](N)CC(C)C)[C@@H](C)O)[C@@H](C)O)C(=O)NCC(=O)N[C@@H](CCCN=C(N)N)C(=O)O. The number of aliphatic hydroxyl groups is 2. The molecule has 0 aromatic rings. The maximum atomic E-state index is 14.0. The number of carbonyl (C=O) groups is 9. The number of nitrogens with two attached hydrogens (primary N) is 3. The summed E-state index contributed by atoms with van der Waals surface area (Å²) in [4.78, 5) is 125. The second-order valence-electron chi connectivity index (χ2n) is 18.4. The van der Waals surface area contributed by atoms with E-state index in [0.717, 1.165) is 0 Å². The van der Waals surface area contributed by atoms with Gasteiger partial charge < -0.3 is 74.6 Å². The zero-order valence-electron chi connectivity index (χ0n) is 41.5. The van der Waals surface area contributed by atoms with E-state index in [1.54, 1.807) is 34.0 Å². The van der Waals surface area contributed by atoms with E-state index in [-0.39, 0.29) is 63.0 Å². The fourth-order valence-electron chi connectivity index (χ4n) is 7.41. The van der Waals surface area contributed by atoms with Crippen LogP contribution in [0.15, 0.2) is 4.99 Å². The Morgan fingerprint density at radius 1 is 0.710 bits per heavy atom. The largest absolute Gasteiger partial charge is 0.480 e. The second kappa shape index (κ2) is 31.1. The van der Waals surface area contributed by atoms with Crippen molar-refractivity contribution in [2.45, 2.75) is 167 Å². The minimum absolute atomic E-state index is 0.00584. The number of hydrogen-bond donors (Lipinski definition) is 13. The van der Waals surface area contributed by atoms with E-state index in [2.05, 4.69) is 42.2 Å². The Labute approximate surface area is 409 Å². The summed E-state index contributed by atoms with van der Waals surface area (Å²) in [5, 5.41) is 48.4. The number of aliphatic carboxylic acids is 1. The lowest BCUT2D eigenvalue weighted by Crippen LogP contribution is -2.63. The zero-order valence-corrected chi connectivity index (χ0v) is 42.4. The molecule has 16 N–H and O–H groups in total. The van der Waals surface area contributed by atoms with Gasteiger partial charge in [0.05, 0.1) is 24.8 Å². The Kier molecular flexibility index (Phi) is 27.8. The first kappa shape index (κ1) is 61.7. The van der Waals surface area contributed by atoms with Gasteiger partial charge in [-0.3, -0.25) is 43.3 Å². The molecular weight excluding hydrogens is 921 g/mol. The zero-order chi connectivity index (χ0) is 52.7. The standard InChI is InChI=1S/C44H80N12O12S/c1-10-24(6)33(39(63)49-21-32(59)50-29(43(67)68)13-11-16-48-44(46)47)53-37(61)30(20-23(4)5)52-36(60)28(15-18-69-9)51-40(64)34(25(7)57)55-41(65)35(26(8)58)54-38(62)31-14-12-17-56(31)42(66)27(45)19-22(2)3/h22-31,33-35,57-58H,10-21,45H2,1-9H3,(H,49,63)(H,50,59)(H,51,64)(H,52,60)(H,53,61)(H,54,62)(H,55,65)(H,67,68)(H4,46,47,48)/t24-,25+,26+,27-,28-,29-,30-,31-,33-,34-,35-/m0/s1. The molecule has 1 heterocycles. The average molecular weight is 1000 g/mol. The normalized spacial score (nSPS) is 17.9. The van der Waals surface area contributed by atoms with Crippen LogP contribution >= 0.6 is 11.8 Å². The van der Waals surface area contributed by atoms with E-state index >= 15 is 0 Å². The number of aliphatic hydroxyl groups excluding tert-OH is 2. The molecule has 69 heavy (non-hydrogen) atoms. The predicted octanol–water partition coefficient (Wildman–Crippen LogP) is -2.88. The number of guanidine groups is 1. The van der Waals surface area contributed by atoms with Crippen molar-refractivity contribution in [3.63, 3.8) is 0 Å². The number of thioether (sulfide) groups is 1. The molecule has 0 aliphatic carbocycles. The smallest absolute Gasteiger partial charge is 0.326 e. The van der Waals surface area contributed by atoms with Gasteiger partial charge in [-0.1, -0.05) is 48.0 Å². The molecule has 24 nitrogen and oxygen atoms in total. The Morgan fingerprint density at radius 2 is 1.26 bits per heavy atom. The number of nitrogens with one attached hydrogen (secondary N) is 7. The maximum absolute atomic E-state index is 14.0. The van der Waals surface area contributed by atoms with Crippen molar-refractivity contribution < 1.29 is 58.5 Å². The fourth-order valence-corrected chi connectivity index (χ4v) is 7.88. The monoisotopic (exact) mass is 1000 g/mol. The number of carboxylic acids is 1. The third-order valence-electron chi connectivity index (χ3n) is 11.4. The lowest BCUT2D eigenvalue weighted by molar-refractivity contribution is -0.142. The van der Waals surface area contributed by atoms with Crippen LogP contribution in [0.4, 0.5) is 0 Å². The van der Waals surface area contributed by atoms with Gasteiger partial charge in [-0.15, -0.1) is 0 Å². The highest BCUT2D eigenvalue weighted by Crippen LogP contribution is 2.20.